The molecule has 11 amide bonds. The molecule has 27 nitrogen and oxygen atoms in total. The van der Waals surface area contributed by atoms with Gasteiger partial charge in [-0.2, -0.15) is 0 Å². The molecule has 0 saturated heterocycles. The summed E-state index contributed by atoms with van der Waals surface area (Å²) in [6, 6.07) is 11.3. The Morgan fingerprint density at radius 3 is 1.88 bits per heavy atom. The number of phenols is 1. The Morgan fingerprint density at radius 2 is 1.24 bits per heavy atom. The molecule has 10 atom stereocenters. The van der Waals surface area contributed by atoms with E-state index < -0.39 is 161 Å². The van der Waals surface area contributed by atoms with E-state index in [1.165, 1.54) is 65.8 Å². The molecule has 15 N–H and O–H groups in total. The number of carboxylic acids is 1. The summed E-state index contributed by atoms with van der Waals surface area (Å²) >= 11 is 0. The topological polar surface area (TPSA) is 424 Å². The first-order valence-corrected chi connectivity index (χ1v) is 34.4. The van der Waals surface area contributed by atoms with Gasteiger partial charge in [-0.15, -0.1) is 0 Å². The van der Waals surface area contributed by atoms with E-state index in [2.05, 4.69) is 58.2 Å². The Bertz CT molecular complexity index is 3610. The lowest BCUT2D eigenvalue weighted by atomic mass is 9.90. The fraction of sp³-hybridized carbons (Fsp3) is 0.521. The van der Waals surface area contributed by atoms with Gasteiger partial charge in [-0.1, -0.05) is 106 Å². The average Bonchev–Trinajstić information content (AvgIpc) is 1.70. The number of carbonyl (C=O) groups is 13. The maximum atomic E-state index is 15.0. The minimum atomic E-state index is -1.70. The third kappa shape index (κ3) is 23.9. The summed E-state index contributed by atoms with van der Waals surface area (Å²) in [5, 5.41) is 48.1. The predicted octanol–water partition coefficient (Wildman–Crippen LogP) is 3.83. The van der Waals surface area contributed by atoms with E-state index in [-0.39, 0.29) is 63.0 Å². The van der Waals surface area contributed by atoms with Gasteiger partial charge in [-0.3, -0.25) is 62.3 Å². The Morgan fingerprint density at radius 1 is 0.620 bits per heavy atom. The molecular weight excluding hydrogens is 1280 g/mol. The number of aromatic nitrogens is 1. The zero-order valence-electron chi connectivity index (χ0n) is 58.4. The SMILES string of the molecule is CC(=O)N[C@@H](Cc1ccccc1)C(=O)N[C@]1(C)CCCCCCC=CCCC[C@@](C)(C(=O)N[C@@H](C)C(=O)NC(C)C(N)=O)NC(=O)[C@H](CC(C)C)NC(=O)C2(CC2)CC(=O)[C@H](CCC(=O)O)NC(=O)[C@H](Cc2c[nH]c3ccccc23)NC(=O)[C@H](Cc2ccc(O)cc2)NC(=O)C(C)NC1=O. The van der Waals surface area contributed by atoms with Crippen molar-refractivity contribution in [1.82, 2.24) is 58.2 Å². The van der Waals surface area contributed by atoms with Gasteiger partial charge < -0.3 is 74.1 Å². The largest absolute Gasteiger partial charge is 0.508 e. The van der Waals surface area contributed by atoms with Crippen molar-refractivity contribution in [1.29, 1.82) is 0 Å². The second kappa shape index (κ2) is 36.8. The molecule has 27 heteroatoms. The van der Waals surface area contributed by atoms with Crippen LogP contribution in [0.1, 0.15) is 168 Å². The van der Waals surface area contributed by atoms with Crippen LogP contribution in [0.2, 0.25) is 0 Å². The minimum Gasteiger partial charge on any atom is -0.508 e. The molecule has 6 rings (SSSR count). The third-order valence-corrected chi connectivity index (χ3v) is 18.3. The van der Waals surface area contributed by atoms with Crippen molar-refractivity contribution in [3.63, 3.8) is 0 Å². The normalized spacial score (nSPS) is 23.7. The van der Waals surface area contributed by atoms with Gasteiger partial charge in [0, 0.05) is 56.1 Å². The number of nitrogens with one attached hydrogen (secondary N) is 11. The number of rotatable bonds is 19. The molecule has 1 aliphatic heterocycles. The number of benzene rings is 3. The first-order chi connectivity index (χ1) is 47.3. The highest BCUT2D eigenvalue weighted by atomic mass is 16.4. The van der Waals surface area contributed by atoms with Crippen LogP contribution in [0.5, 0.6) is 5.75 Å². The molecule has 1 aromatic heterocycles. The Kier molecular flexibility index (Phi) is 29.1. The summed E-state index contributed by atoms with van der Waals surface area (Å²) in [6.45, 7) is 12.1. The van der Waals surface area contributed by atoms with Crippen LogP contribution in [-0.2, 0) is 81.6 Å². The third-order valence-electron chi connectivity index (χ3n) is 18.3. The van der Waals surface area contributed by atoms with E-state index >= 15 is 9.59 Å². The number of ketones is 1. The Labute approximate surface area is 583 Å². The number of hydrogen-bond acceptors (Lipinski definition) is 14. The molecule has 1 spiro atoms. The van der Waals surface area contributed by atoms with Crippen molar-refractivity contribution in [3.05, 3.63) is 114 Å². The Hall–Kier alpha value is -9.95. The molecule has 4 aromatic rings. The van der Waals surface area contributed by atoms with E-state index in [0.717, 1.165) is 5.56 Å². The predicted molar refractivity (Wildman–Crippen MR) is 373 cm³/mol. The monoisotopic (exact) mass is 1380 g/mol. The van der Waals surface area contributed by atoms with Crippen molar-refractivity contribution in [3.8, 4) is 5.75 Å². The van der Waals surface area contributed by atoms with E-state index in [4.69, 9.17) is 5.73 Å². The van der Waals surface area contributed by atoms with Gasteiger partial charge in [-0.25, -0.2) is 0 Å². The van der Waals surface area contributed by atoms with Crippen molar-refractivity contribution in [2.24, 2.45) is 17.1 Å². The summed E-state index contributed by atoms with van der Waals surface area (Å²) in [5.41, 5.74) is 2.98. The van der Waals surface area contributed by atoms with Crippen LogP contribution >= 0.6 is 0 Å². The molecule has 1 aliphatic carbocycles. The van der Waals surface area contributed by atoms with Gasteiger partial charge >= 0.3 is 5.97 Å². The number of aromatic amines is 1. The van der Waals surface area contributed by atoms with Crippen LogP contribution in [-0.4, -0.2) is 151 Å². The smallest absolute Gasteiger partial charge is 0.303 e. The summed E-state index contributed by atoms with van der Waals surface area (Å²) in [6.07, 6.45) is 7.99. The van der Waals surface area contributed by atoms with Gasteiger partial charge in [-0.05, 0) is 140 Å². The maximum Gasteiger partial charge on any atom is 0.303 e. The van der Waals surface area contributed by atoms with E-state index in [1.54, 1.807) is 60.8 Å². The average molecular weight is 1390 g/mol. The summed E-state index contributed by atoms with van der Waals surface area (Å²) in [5.74, 6) is -10.7. The fourth-order valence-electron chi connectivity index (χ4n) is 12.0. The molecular formula is C73H100N12O15. The lowest BCUT2D eigenvalue weighted by molar-refractivity contribution is -0.139. The minimum absolute atomic E-state index is 0.0437. The zero-order chi connectivity index (χ0) is 73.5. The number of hydrogen-bond donors (Lipinski definition) is 14. The van der Waals surface area contributed by atoms with Gasteiger partial charge in [0.1, 0.15) is 59.1 Å². The fourth-order valence-corrected chi connectivity index (χ4v) is 12.0. The summed E-state index contributed by atoms with van der Waals surface area (Å²) in [4.78, 5) is 185. The van der Waals surface area contributed by atoms with Crippen molar-refractivity contribution in [2.45, 2.75) is 230 Å². The van der Waals surface area contributed by atoms with Crippen LogP contribution in [0.3, 0.4) is 0 Å². The molecule has 100 heavy (non-hydrogen) atoms. The van der Waals surface area contributed by atoms with Crippen LogP contribution in [0.4, 0.5) is 0 Å². The van der Waals surface area contributed by atoms with Crippen molar-refractivity contribution < 1.29 is 72.5 Å². The zero-order valence-corrected chi connectivity index (χ0v) is 58.4. The van der Waals surface area contributed by atoms with Crippen LogP contribution < -0.4 is 58.9 Å². The van der Waals surface area contributed by atoms with Crippen molar-refractivity contribution >= 4 is 87.6 Å². The first kappa shape index (κ1) is 79.0. The lowest BCUT2D eigenvalue weighted by Gasteiger charge is -2.33. The number of amides is 11. The first-order valence-electron chi connectivity index (χ1n) is 34.4. The lowest BCUT2D eigenvalue weighted by Crippen LogP contribution is -2.63. The number of para-hydroxylation sites is 1. The molecule has 0 bridgehead atoms. The number of aliphatic carboxylic acids is 1. The molecule has 2 aliphatic rings. The molecule has 2 heterocycles. The highest BCUT2D eigenvalue weighted by Gasteiger charge is 2.53. The number of H-pyrrole nitrogens is 1. The molecule has 0 radical (unpaired) electrons. The number of fused-ring (bicyclic) bond motifs is 1. The molecule has 1 saturated carbocycles. The van der Waals surface area contributed by atoms with Crippen LogP contribution in [0, 0.1) is 11.3 Å². The highest BCUT2D eigenvalue weighted by molar-refractivity contribution is 6.02. The molecule has 542 valence electrons. The molecule has 3 aromatic carbocycles. The highest BCUT2D eigenvalue weighted by Crippen LogP contribution is 2.49. The summed E-state index contributed by atoms with van der Waals surface area (Å²) in [7, 11) is 0. The summed E-state index contributed by atoms with van der Waals surface area (Å²) < 4.78 is 0. The number of nitrogens with two attached hydrogens (primary N) is 1. The quantitative estimate of drug-likeness (QED) is 0.0594. The standard InChI is InChI=1S/C73H100N12O15/c1-43(2)37-55-66(96)84-71(7,68(98)77-45(4)62(92)76-44(3)61(74)91)33-21-14-12-10-9-11-13-15-22-34-72(8,85-67(97)57(79-47(6)86)38-48-23-17-16-18-24-48)69(99)78-46(5)63(93)81-56(39-49-27-29-51(87)30-28-49)64(94)82-58(40-50-42-75-53-26-20-19-25-52(50)53)65(95)80-54(31-32-60(89)90)59(88)41-73(35-36-73)70(100)83-55/h10,12,16-20,23-30,42-46,54-58,75,87H,9,11,13-15,21-22,31-41H2,1-8H3,(H2,74,91)(H,76,92)(H,77,98)(H,78,99)(H,79,86)(H,80,95)(H,81,93)(H,82,94)(H,83,100)(H,84,96)(H,85,97)(H,89,90)/t44?,45-,46?,54-,55-,56-,57-,58-,71-,72+/m0/s1. The van der Waals surface area contributed by atoms with Crippen molar-refractivity contribution in [2.75, 3.05) is 0 Å². The van der Waals surface area contributed by atoms with Gasteiger partial charge in [0.25, 0.3) is 0 Å². The van der Waals surface area contributed by atoms with Crippen LogP contribution in [0.15, 0.2) is 97.2 Å². The van der Waals surface area contributed by atoms with Crippen LogP contribution in [0.25, 0.3) is 10.9 Å². The Balaban J connectivity index is 1.37. The number of aromatic hydroxyl groups is 1. The second-order valence-electron chi connectivity index (χ2n) is 27.6. The van der Waals surface area contributed by atoms with Gasteiger partial charge in [0.2, 0.25) is 65.0 Å². The number of primary amides is 1. The number of carboxylic acid groups (broad SMARTS) is 1. The number of phenolic OH excluding ortho intramolecular Hbond substituents is 1. The van der Waals surface area contributed by atoms with Gasteiger partial charge in [0.15, 0.2) is 5.78 Å². The molecule has 2 unspecified atom stereocenters. The van der Waals surface area contributed by atoms with E-state index in [1.807, 2.05) is 26.0 Å². The molecule has 1 fully saturated rings. The number of carbonyl (C=O) groups excluding carboxylic acids is 12. The second-order valence-corrected chi connectivity index (χ2v) is 27.6. The van der Waals surface area contributed by atoms with E-state index in [0.29, 0.717) is 67.0 Å². The van der Waals surface area contributed by atoms with Gasteiger partial charge in [0.05, 0.1) is 11.5 Å². The maximum absolute atomic E-state index is 15.0. The number of Topliss-reactive ketones (excluding diaryl/α,β-unsaturated/α-hetero) is 1. The van der Waals surface area contributed by atoms with E-state index in [9.17, 15) is 63.0 Å². The number of allylic oxidation sites excluding steroid dienone is 2.